The van der Waals surface area contributed by atoms with Gasteiger partial charge in [-0.1, -0.05) is 95.0 Å². The van der Waals surface area contributed by atoms with Crippen LogP contribution < -0.4 is 5.32 Å². The molecule has 0 bridgehead atoms. The predicted molar refractivity (Wildman–Crippen MR) is 124 cm³/mol. The van der Waals surface area contributed by atoms with Crippen LogP contribution in [0.25, 0.3) is 0 Å². The van der Waals surface area contributed by atoms with E-state index in [4.69, 9.17) is 0 Å². The average Bonchev–Trinajstić information content (AvgIpc) is 2.70. The Morgan fingerprint density at radius 1 is 0.828 bits per heavy atom. The highest BCUT2D eigenvalue weighted by Crippen LogP contribution is 2.15. The van der Waals surface area contributed by atoms with Crippen molar-refractivity contribution in [2.24, 2.45) is 5.92 Å². The van der Waals surface area contributed by atoms with Gasteiger partial charge in [0.25, 0.3) is 0 Å². The highest BCUT2D eigenvalue weighted by molar-refractivity contribution is 5.78. The van der Waals surface area contributed by atoms with Gasteiger partial charge in [-0.2, -0.15) is 0 Å². The second-order valence-corrected chi connectivity index (χ2v) is 8.62. The number of carbonyl (C=O) groups is 1. The summed E-state index contributed by atoms with van der Waals surface area (Å²) < 4.78 is 0. The minimum Gasteiger partial charge on any atom is -0.356 e. The quantitative estimate of drug-likeness (QED) is 0.398. The lowest BCUT2D eigenvalue weighted by molar-refractivity contribution is -0.120. The summed E-state index contributed by atoms with van der Waals surface area (Å²) in [6, 6.07) is 17.4. The maximum Gasteiger partial charge on any atom is 0.224 e. The molecule has 0 aliphatic rings. The molecule has 1 N–H and O–H groups in total. The minimum absolute atomic E-state index is 0.144. The molecule has 0 unspecified atom stereocenters. The lowest BCUT2D eigenvalue weighted by Gasteiger charge is -2.11. The minimum atomic E-state index is 0.144. The molecule has 0 saturated heterocycles. The average molecular weight is 394 g/mol. The summed E-state index contributed by atoms with van der Waals surface area (Å²) >= 11 is 0. The van der Waals surface area contributed by atoms with Crippen LogP contribution in [0, 0.1) is 5.92 Å². The molecule has 2 rings (SSSR count). The zero-order valence-electron chi connectivity index (χ0n) is 18.7. The van der Waals surface area contributed by atoms with Crippen molar-refractivity contribution in [2.75, 3.05) is 6.54 Å². The fourth-order valence-corrected chi connectivity index (χ4v) is 3.76. The summed E-state index contributed by atoms with van der Waals surface area (Å²) in [5.41, 5.74) is 5.23. The first-order chi connectivity index (χ1) is 14.1. The van der Waals surface area contributed by atoms with E-state index in [0.717, 1.165) is 37.8 Å². The zero-order valence-corrected chi connectivity index (χ0v) is 18.7. The highest BCUT2D eigenvalue weighted by atomic mass is 16.1. The molecule has 0 aromatic heterocycles. The lowest BCUT2D eigenvalue weighted by Crippen LogP contribution is -2.26. The van der Waals surface area contributed by atoms with Crippen LogP contribution in [0.4, 0.5) is 0 Å². The van der Waals surface area contributed by atoms with E-state index in [1.807, 2.05) is 6.07 Å². The monoisotopic (exact) mass is 393 g/mol. The third-order valence-corrected chi connectivity index (χ3v) is 5.42. The lowest BCUT2D eigenvalue weighted by atomic mass is 9.96. The number of rotatable bonds is 13. The molecule has 29 heavy (non-hydrogen) atoms. The van der Waals surface area contributed by atoms with E-state index in [1.54, 1.807) is 0 Å². The number of amides is 1. The van der Waals surface area contributed by atoms with Crippen molar-refractivity contribution in [3.8, 4) is 0 Å². The van der Waals surface area contributed by atoms with Crippen LogP contribution in [0.2, 0.25) is 0 Å². The van der Waals surface area contributed by atoms with Gasteiger partial charge < -0.3 is 5.32 Å². The Balaban J connectivity index is 1.81. The molecule has 1 amide bonds. The number of nitrogens with one attached hydrogen (secondary N) is 1. The van der Waals surface area contributed by atoms with Gasteiger partial charge in [0, 0.05) is 6.54 Å². The van der Waals surface area contributed by atoms with E-state index in [2.05, 4.69) is 68.6 Å². The van der Waals surface area contributed by atoms with E-state index in [0.29, 0.717) is 12.3 Å². The molecule has 2 aromatic carbocycles. The number of benzene rings is 2. The molecule has 2 heteroatoms. The van der Waals surface area contributed by atoms with E-state index >= 15 is 0 Å². The van der Waals surface area contributed by atoms with Crippen LogP contribution in [0.15, 0.2) is 48.5 Å². The van der Waals surface area contributed by atoms with Gasteiger partial charge in [0.1, 0.15) is 0 Å². The molecular formula is C27H39NO. The van der Waals surface area contributed by atoms with Crippen molar-refractivity contribution < 1.29 is 4.79 Å². The normalized spacial score (nSPS) is 11.0. The molecule has 0 saturated carbocycles. The molecule has 0 aliphatic carbocycles. The van der Waals surface area contributed by atoms with Crippen molar-refractivity contribution in [3.05, 3.63) is 70.8 Å². The molecule has 2 nitrogen and oxygen atoms in total. The Labute approximate surface area is 178 Å². The van der Waals surface area contributed by atoms with Crippen molar-refractivity contribution >= 4 is 5.91 Å². The summed E-state index contributed by atoms with van der Waals surface area (Å²) in [6.45, 7) is 7.54. The number of hydrogen-bond acceptors (Lipinski definition) is 1. The topological polar surface area (TPSA) is 29.1 Å². The number of unbranched alkanes of at least 4 members (excludes halogenated alkanes) is 4. The van der Waals surface area contributed by atoms with Gasteiger partial charge in [-0.15, -0.1) is 0 Å². The van der Waals surface area contributed by atoms with Crippen LogP contribution in [-0.4, -0.2) is 12.5 Å². The first-order valence-corrected chi connectivity index (χ1v) is 11.5. The Morgan fingerprint density at radius 3 is 2.17 bits per heavy atom. The van der Waals surface area contributed by atoms with Crippen LogP contribution in [0.3, 0.4) is 0 Å². The summed E-state index contributed by atoms with van der Waals surface area (Å²) in [4.78, 5) is 12.3. The molecule has 0 heterocycles. The molecule has 158 valence electrons. The fraction of sp³-hybridized carbons (Fsp3) is 0.519. The molecular weight excluding hydrogens is 354 g/mol. The Bertz CT molecular complexity index is 718. The number of carbonyl (C=O) groups excluding carboxylic acids is 1. The van der Waals surface area contributed by atoms with Crippen LogP contribution in [-0.2, 0) is 30.5 Å². The van der Waals surface area contributed by atoms with E-state index in [9.17, 15) is 4.79 Å². The van der Waals surface area contributed by atoms with Gasteiger partial charge in [0.05, 0.1) is 6.42 Å². The first kappa shape index (κ1) is 23.2. The third-order valence-electron chi connectivity index (χ3n) is 5.42. The number of aryl methyl sites for hydroxylation is 2. The summed E-state index contributed by atoms with van der Waals surface area (Å²) in [7, 11) is 0. The van der Waals surface area contributed by atoms with Crippen molar-refractivity contribution in [1.82, 2.24) is 5.32 Å². The maximum absolute atomic E-state index is 12.3. The van der Waals surface area contributed by atoms with E-state index < -0.39 is 0 Å². The second-order valence-electron chi connectivity index (χ2n) is 8.62. The van der Waals surface area contributed by atoms with Crippen molar-refractivity contribution in [1.29, 1.82) is 0 Å². The molecule has 0 atom stereocenters. The SMILES string of the molecule is CCCCCCCNC(=O)Cc1ccccc1CCc1ccc(CC(C)C)cc1. The number of hydrogen-bond donors (Lipinski definition) is 1. The molecule has 0 spiro atoms. The maximum atomic E-state index is 12.3. The first-order valence-electron chi connectivity index (χ1n) is 11.5. The molecule has 0 fully saturated rings. The third kappa shape index (κ3) is 9.30. The van der Waals surface area contributed by atoms with Crippen molar-refractivity contribution in [3.63, 3.8) is 0 Å². The predicted octanol–water partition coefficient (Wildman–Crippen LogP) is 6.30. The smallest absolute Gasteiger partial charge is 0.224 e. The van der Waals surface area contributed by atoms with E-state index in [1.165, 1.54) is 42.4 Å². The second kappa shape index (κ2) is 13.2. The van der Waals surface area contributed by atoms with E-state index in [-0.39, 0.29) is 5.91 Å². The van der Waals surface area contributed by atoms with Gasteiger partial charge in [0.15, 0.2) is 0 Å². The van der Waals surface area contributed by atoms with Gasteiger partial charge in [0.2, 0.25) is 5.91 Å². The Hall–Kier alpha value is -2.09. The van der Waals surface area contributed by atoms with Gasteiger partial charge in [-0.25, -0.2) is 0 Å². The molecule has 2 aromatic rings. The molecule has 0 radical (unpaired) electrons. The van der Waals surface area contributed by atoms with Gasteiger partial charge in [-0.3, -0.25) is 4.79 Å². The van der Waals surface area contributed by atoms with Crippen LogP contribution in [0.1, 0.15) is 75.1 Å². The van der Waals surface area contributed by atoms with Gasteiger partial charge >= 0.3 is 0 Å². The zero-order chi connectivity index (χ0) is 20.9. The van der Waals surface area contributed by atoms with Crippen LogP contribution in [0.5, 0.6) is 0 Å². The summed E-state index contributed by atoms with van der Waals surface area (Å²) in [6.07, 6.45) is 9.72. The molecule has 0 aliphatic heterocycles. The summed E-state index contributed by atoms with van der Waals surface area (Å²) in [5, 5.41) is 3.09. The fourth-order valence-electron chi connectivity index (χ4n) is 3.76. The van der Waals surface area contributed by atoms with Gasteiger partial charge in [-0.05, 0) is 53.9 Å². The Kier molecular flexibility index (Phi) is 10.5. The standard InChI is InChI=1S/C27H39NO/c1-4-5-6-7-10-19-28-27(29)21-26-12-9-8-11-25(26)18-17-23-13-15-24(16-14-23)20-22(2)3/h8-9,11-16,22H,4-7,10,17-21H2,1-3H3,(H,28,29). The van der Waals surface area contributed by atoms with Crippen molar-refractivity contribution in [2.45, 2.75) is 78.6 Å². The largest absolute Gasteiger partial charge is 0.356 e. The summed E-state index contributed by atoms with van der Waals surface area (Å²) in [5.74, 6) is 0.834. The highest BCUT2D eigenvalue weighted by Gasteiger charge is 2.08. The Morgan fingerprint density at radius 2 is 1.48 bits per heavy atom. The van der Waals surface area contributed by atoms with Crippen LogP contribution >= 0.6 is 0 Å².